The first-order valence-electron chi connectivity index (χ1n) is 21.9. The van der Waals surface area contributed by atoms with Gasteiger partial charge in [0.15, 0.2) is 5.78 Å². The monoisotopic (exact) mass is 871 g/mol. The average molecular weight is 872 g/mol. The number of amides is 4. The number of nitrogens with one attached hydrogen (secondary N) is 3. The van der Waals surface area contributed by atoms with Crippen LogP contribution in [0.25, 0.3) is 11.0 Å². The third-order valence-corrected chi connectivity index (χ3v) is 12.9. The lowest BCUT2D eigenvalue weighted by atomic mass is 10.0. The van der Waals surface area contributed by atoms with Crippen LogP contribution in [0.15, 0.2) is 79.3 Å². The number of nitrogens with zero attached hydrogens (tertiary/aromatic N) is 6. The number of piperidine rings is 2. The number of rotatable bonds is 14. The van der Waals surface area contributed by atoms with Crippen molar-refractivity contribution >= 4 is 63.6 Å². The van der Waals surface area contributed by atoms with E-state index in [0.717, 1.165) is 82.6 Å². The number of ketones is 1. The molecule has 2 atom stereocenters. The summed E-state index contributed by atoms with van der Waals surface area (Å²) in [5.74, 6) is 0.769. The molecule has 9 rings (SSSR count). The maximum Gasteiger partial charge on any atom is 0.255 e. The highest BCUT2D eigenvalue weighted by Gasteiger charge is 2.39. The van der Waals surface area contributed by atoms with E-state index in [1.54, 1.807) is 29.3 Å². The number of carbonyl (C=O) groups is 5. The molecule has 15 nitrogen and oxygen atoms in total. The molecule has 63 heavy (non-hydrogen) atoms. The number of anilines is 2. The summed E-state index contributed by atoms with van der Waals surface area (Å²) in [4.78, 5) is 84.9. The molecule has 16 heteroatoms. The van der Waals surface area contributed by atoms with Gasteiger partial charge in [0.25, 0.3) is 5.91 Å². The molecule has 0 saturated carbocycles. The Kier molecular flexibility index (Phi) is 12.4. The smallest absolute Gasteiger partial charge is 0.255 e. The third-order valence-electron chi connectivity index (χ3n) is 12.6. The van der Waals surface area contributed by atoms with Gasteiger partial charge in [-0.15, -0.1) is 0 Å². The van der Waals surface area contributed by atoms with E-state index in [-0.39, 0.29) is 41.0 Å². The molecule has 3 aromatic carbocycles. The van der Waals surface area contributed by atoms with Crippen molar-refractivity contribution in [2.75, 3.05) is 56.0 Å². The minimum absolute atomic E-state index is 0.0397. The molecule has 0 bridgehead atoms. The molecule has 326 valence electrons. The summed E-state index contributed by atoms with van der Waals surface area (Å²) in [7, 11) is 0. The van der Waals surface area contributed by atoms with Crippen molar-refractivity contribution in [2.24, 2.45) is 0 Å². The van der Waals surface area contributed by atoms with Crippen molar-refractivity contribution in [3.05, 3.63) is 107 Å². The van der Waals surface area contributed by atoms with E-state index < -0.39 is 11.9 Å². The lowest BCUT2D eigenvalue weighted by Crippen LogP contribution is -2.52. The Hall–Kier alpha value is -6.32. The van der Waals surface area contributed by atoms with E-state index in [9.17, 15) is 24.0 Å². The molecule has 3 N–H and O–H groups in total. The SMILES string of the molecule is O=C1CC[C@H](N2Cc3cc(N4CCN(CCCCCC(=O)N5CCC[C@@H](Nc6ncnc7[nH]cc(C(=O)c8ccc(Oc9ccccc9)cc8Cl)c67)C5)CC4)ccc3C2=O)C(=O)N1. The first kappa shape index (κ1) is 42.0. The minimum atomic E-state index is -0.616. The predicted molar refractivity (Wildman–Crippen MR) is 238 cm³/mol. The van der Waals surface area contributed by atoms with Crippen LogP contribution >= 0.6 is 11.6 Å². The second-order valence-electron chi connectivity index (χ2n) is 16.7. The number of ether oxygens (including phenoxy) is 1. The number of piperazine rings is 1. The van der Waals surface area contributed by atoms with E-state index in [1.165, 1.54) is 6.33 Å². The lowest BCUT2D eigenvalue weighted by molar-refractivity contribution is -0.137. The molecule has 4 aliphatic rings. The van der Waals surface area contributed by atoms with Gasteiger partial charge < -0.3 is 29.7 Å². The van der Waals surface area contributed by atoms with Gasteiger partial charge in [-0.1, -0.05) is 36.2 Å². The fourth-order valence-electron chi connectivity index (χ4n) is 9.21. The van der Waals surface area contributed by atoms with E-state index >= 15 is 0 Å². The highest BCUT2D eigenvalue weighted by molar-refractivity contribution is 6.35. The molecule has 4 amide bonds. The maximum absolute atomic E-state index is 13.9. The molecular formula is C47H50ClN9O6. The van der Waals surface area contributed by atoms with Crippen molar-refractivity contribution < 1.29 is 28.7 Å². The summed E-state index contributed by atoms with van der Waals surface area (Å²) in [5.41, 5.74) is 3.88. The standard InChI is InChI=1S/C47H50ClN9O6/c48-38-25-34(63-33-9-3-1-4-10-33)13-15-36(38)43(60)37-26-49-44-42(37)45(51-29-50-44)52-31-8-7-19-56(28-31)41(59)11-5-2-6-18-54-20-22-55(23-21-54)32-12-14-35-30(24-32)27-57(47(35)62)39-16-17-40(58)53-46(39)61/h1,3-4,9-10,12-15,24-26,29,31,39H,2,5-8,11,16-23,27-28H2,(H,53,58,61)(H2,49,50,51,52)/t31-,39+/m1/s1. The highest BCUT2D eigenvalue weighted by Crippen LogP contribution is 2.33. The number of para-hydroxylation sites is 1. The first-order chi connectivity index (χ1) is 30.7. The van der Waals surface area contributed by atoms with Crippen LogP contribution in [0.3, 0.4) is 0 Å². The van der Waals surface area contributed by atoms with Crippen LogP contribution in [-0.4, -0.2) is 117 Å². The van der Waals surface area contributed by atoms with E-state index in [4.69, 9.17) is 16.3 Å². The van der Waals surface area contributed by atoms with Crippen molar-refractivity contribution in [3.8, 4) is 11.5 Å². The quantitative estimate of drug-likeness (QED) is 0.0661. The van der Waals surface area contributed by atoms with Crippen molar-refractivity contribution in [2.45, 2.75) is 70.0 Å². The van der Waals surface area contributed by atoms with Gasteiger partial charge in [0.1, 0.15) is 35.3 Å². The third kappa shape index (κ3) is 9.25. The van der Waals surface area contributed by atoms with Gasteiger partial charge in [0.05, 0.1) is 16.0 Å². The first-order valence-corrected chi connectivity index (χ1v) is 22.2. The van der Waals surface area contributed by atoms with Gasteiger partial charge in [-0.3, -0.25) is 34.2 Å². The van der Waals surface area contributed by atoms with Crippen LogP contribution in [0.5, 0.6) is 11.5 Å². The molecule has 0 spiro atoms. The van der Waals surface area contributed by atoms with Gasteiger partial charge >= 0.3 is 0 Å². The number of hydrogen-bond donors (Lipinski definition) is 3. The molecule has 5 aromatic rings. The van der Waals surface area contributed by atoms with Gasteiger partial charge in [0, 0.05) is 93.8 Å². The average Bonchev–Trinajstić information content (AvgIpc) is 3.88. The van der Waals surface area contributed by atoms with Crippen molar-refractivity contribution in [1.29, 1.82) is 0 Å². The van der Waals surface area contributed by atoms with Gasteiger partial charge in [-0.05, 0) is 86.7 Å². The van der Waals surface area contributed by atoms with Crippen LogP contribution in [0.4, 0.5) is 11.5 Å². The summed E-state index contributed by atoms with van der Waals surface area (Å²) in [6.07, 6.45) is 8.74. The lowest BCUT2D eigenvalue weighted by Gasteiger charge is -2.36. The Balaban J connectivity index is 0.717. The Bertz CT molecular complexity index is 2540. The van der Waals surface area contributed by atoms with E-state index in [1.807, 2.05) is 47.4 Å². The number of aromatic amines is 1. The second-order valence-corrected chi connectivity index (χ2v) is 17.1. The molecule has 0 aliphatic carbocycles. The van der Waals surface area contributed by atoms with Crippen LogP contribution in [0.1, 0.15) is 83.2 Å². The molecule has 4 aliphatic heterocycles. The Labute approximate surface area is 370 Å². The van der Waals surface area contributed by atoms with Gasteiger partial charge in [0.2, 0.25) is 17.7 Å². The fourth-order valence-corrected chi connectivity index (χ4v) is 9.47. The number of likely N-dealkylation sites (tertiary alicyclic amines) is 1. The number of unbranched alkanes of at least 4 members (excludes halogenated alkanes) is 2. The molecule has 0 unspecified atom stereocenters. The van der Waals surface area contributed by atoms with Crippen LogP contribution in [-0.2, 0) is 20.9 Å². The normalized spacial score (nSPS) is 19.3. The summed E-state index contributed by atoms with van der Waals surface area (Å²) in [6, 6.07) is 19.7. The molecular weight excluding hydrogens is 822 g/mol. The van der Waals surface area contributed by atoms with Crippen LogP contribution in [0, 0.1) is 0 Å². The van der Waals surface area contributed by atoms with Crippen LogP contribution < -0.4 is 20.3 Å². The topological polar surface area (TPSA) is 173 Å². The summed E-state index contributed by atoms with van der Waals surface area (Å²) < 4.78 is 5.90. The summed E-state index contributed by atoms with van der Waals surface area (Å²) >= 11 is 6.63. The Morgan fingerprint density at radius 3 is 2.52 bits per heavy atom. The maximum atomic E-state index is 13.9. The second kappa shape index (κ2) is 18.6. The fraction of sp³-hybridized carbons (Fsp3) is 0.383. The van der Waals surface area contributed by atoms with E-state index in [2.05, 4.69) is 41.5 Å². The molecule has 3 saturated heterocycles. The van der Waals surface area contributed by atoms with Crippen molar-refractivity contribution in [1.82, 2.24) is 35.0 Å². The number of fused-ring (bicyclic) bond motifs is 2. The predicted octanol–water partition coefficient (Wildman–Crippen LogP) is 6.18. The zero-order valence-corrected chi connectivity index (χ0v) is 35.7. The minimum Gasteiger partial charge on any atom is -0.457 e. The number of imide groups is 1. The largest absolute Gasteiger partial charge is 0.457 e. The summed E-state index contributed by atoms with van der Waals surface area (Å²) in [6.45, 7) is 6.24. The van der Waals surface area contributed by atoms with Gasteiger partial charge in [-0.2, -0.15) is 0 Å². The molecule has 6 heterocycles. The molecule has 2 aromatic heterocycles. The zero-order valence-electron chi connectivity index (χ0n) is 35.0. The Morgan fingerprint density at radius 1 is 0.873 bits per heavy atom. The zero-order chi connectivity index (χ0) is 43.5. The molecule has 0 radical (unpaired) electrons. The highest BCUT2D eigenvalue weighted by atomic mass is 35.5. The number of aromatic nitrogens is 3. The van der Waals surface area contributed by atoms with Crippen LogP contribution in [0.2, 0.25) is 5.02 Å². The Morgan fingerprint density at radius 2 is 1.71 bits per heavy atom. The number of benzene rings is 3. The van der Waals surface area contributed by atoms with Crippen molar-refractivity contribution in [3.63, 3.8) is 0 Å². The van der Waals surface area contributed by atoms with E-state index in [0.29, 0.717) is 71.0 Å². The summed E-state index contributed by atoms with van der Waals surface area (Å²) in [5, 5.41) is 6.74. The number of halogens is 1. The molecule has 3 fully saturated rings. The number of H-pyrrole nitrogens is 1. The number of carbonyl (C=O) groups excluding carboxylic acids is 5. The van der Waals surface area contributed by atoms with Gasteiger partial charge in [-0.25, -0.2) is 9.97 Å². The number of hydrogen-bond acceptors (Lipinski definition) is 11.